The average molecular weight is 396 g/mol. The summed E-state index contributed by atoms with van der Waals surface area (Å²) in [7, 11) is 0. The maximum atomic E-state index is 14.0. The number of hydrogen-bond donors (Lipinski definition) is 0. The lowest BCUT2D eigenvalue weighted by atomic mass is 10.2. The van der Waals surface area contributed by atoms with Gasteiger partial charge in [0.2, 0.25) is 5.91 Å². The van der Waals surface area contributed by atoms with Crippen LogP contribution in [-0.2, 0) is 11.2 Å². The number of hydrogen-bond acceptors (Lipinski definition) is 5. The smallest absolute Gasteiger partial charge is 0.228 e. The number of amides is 1. The third kappa shape index (κ3) is 3.89. The number of aryl methyl sites for hydroxylation is 1. The van der Waals surface area contributed by atoms with E-state index in [1.54, 1.807) is 35.9 Å². The third-order valence-corrected chi connectivity index (χ3v) is 6.16. The standard InChI is InChI=1S/C21H21FN4OS/c1-15-19(28-21(24-15)16-6-8-23-9-7-16)14-20(27)26-12-10-25(11-13-26)18-5-3-2-4-17(18)22/h2-9H,10-14H2,1H3. The van der Waals surface area contributed by atoms with E-state index in [4.69, 9.17) is 0 Å². The van der Waals surface area contributed by atoms with Crippen molar-refractivity contribution in [2.45, 2.75) is 13.3 Å². The largest absolute Gasteiger partial charge is 0.366 e. The number of carbonyl (C=O) groups excluding carboxylic acids is 1. The molecule has 144 valence electrons. The number of pyridine rings is 1. The number of nitrogens with zero attached hydrogens (tertiary/aromatic N) is 4. The fourth-order valence-corrected chi connectivity index (χ4v) is 4.42. The van der Waals surface area contributed by atoms with E-state index < -0.39 is 0 Å². The molecule has 0 unspecified atom stereocenters. The molecule has 3 heterocycles. The SMILES string of the molecule is Cc1nc(-c2ccncc2)sc1CC(=O)N1CCN(c2ccccc2F)CC1. The Labute approximate surface area is 167 Å². The number of benzene rings is 1. The van der Waals surface area contributed by atoms with E-state index in [0.29, 0.717) is 38.3 Å². The Bertz CT molecular complexity index is 968. The van der Waals surface area contributed by atoms with Crippen molar-refractivity contribution in [3.63, 3.8) is 0 Å². The van der Waals surface area contributed by atoms with Crippen molar-refractivity contribution in [3.8, 4) is 10.6 Å². The van der Waals surface area contributed by atoms with Crippen LogP contribution in [0.15, 0.2) is 48.8 Å². The molecule has 28 heavy (non-hydrogen) atoms. The Morgan fingerprint density at radius 1 is 1.11 bits per heavy atom. The van der Waals surface area contributed by atoms with Gasteiger partial charge in [-0.2, -0.15) is 0 Å². The van der Waals surface area contributed by atoms with E-state index in [9.17, 15) is 9.18 Å². The Hall–Kier alpha value is -2.80. The van der Waals surface area contributed by atoms with Crippen molar-refractivity contribution in [3.05, 3.63) is 65.2 Å². The predicted octanol–water partition coefficient (Wildman–Crippen LogP) is 3.54. The molecule has 4 rings (SSSR count). The first-order chi connectivity index (χ1) is 13.6. The molecule has 0 saturated carbocycles. The molecule has 3 aromatic rings. The van der Waals surface area contributed by atoms with E-state index in [1.807, 2.05) is 34.9 Å². The van der Waals surface area contributed by atoms with Gasteiger partial charge in [-0.3, -0.25) is 9.78 Å². The molecule has 0 aliphatic carbocycles. The van der Waals surface area contributed by atoms with Crippen LogP contribution in [0.3, 0.4) is 0 Å². The highest BCUT2D eigenvalue weighted by molar-refractivity contribution is 7.15. The molecule has 0 spiro atoms. The number of para-hydroxylation sites is 1. The first-order valence-electron chi connectivity index (χ1n) is 9.26. The van der Waals surface area contributed by atoms with Crippen LogP contribution in [0.25, 0.3) is 10.6 Å². The summed E-state index contributed by atoms with van der Waals surface area (Å²) < 4.78 is 14.0. The Morgan fingerprint density at radius 2 is 1.82 bits per heavy atom. The van der Waals surface area contributed by atoms with Gasteiger partial charge in [0.05, 0.1) is 17.8 Å². The van der Waals surface area contributed by atoms with Crippen LogP contribution >= 0.6 is 11.3 Å². The lowest BCUT2D eigenvalue weighted by Gasteiger charge is -2.36. The fourth-order valence-electron chi connectivity index (χ4n) is 3.36. The molecule has 1 saturated heterocycles. The van der Waals surface area contributed by atoms with Crippen LogP contribution in [0, 0.1) is 12.7 Å². The highest BCUT2D eigenvalue weighted by Crippen LogP contribution is 2.28. The Morgan fingerprint density at radius 3 is 2.54 bits per heavy atom. The molecule has 1 aliphatic heterocycles. The highest BCUT2D eigenvalue weighted by Gasteiger charge is 2.24. The average Bonchev–Trinajstić information content (AvgIpc) is 3.09. The zero-order valence-electron chi connectivity index (χ0n) is 15.6. The number of thiazole rings is 1. The summed E-state index contributed by atoms with van der Waals surface area (Å²) in [6.07, 6.45) is 3.84. The zero-order chi connectivity index (χ0) is 19.5. The van der Waals surface area contributed by atoms with Crippen LogP contribution in [-0.4, -0.2) is 47.0 Å². The van der Waals surface area contributed by atoms with E-state index in [0.717, 1.165) is 21.1 Å². The molecule has 0 bridgehead atoms. The molecule has 1 aliphatic rings. The second-order valence-electron chi connectivity index (χ2n) is 6.76. The molecule has 1 fully saturated rings. The fraction of sp³-hybridized carbons (Fsp3) is 0.286. The normalized spacial score (nSPS) is 14.4. The summed E-state index contributed by atoms with van der Waals surface area (Å²) in [5.74, 6) is -0.118. The van der Waals surface area contributed by atoms with Crippen LogP contribution in [0.1, 0.15) is 10.6 Å². The zero-order valence-corrected chi connectivity index (χ0v) is 16.5. The van der Waals surface area contributed by atoms with Gasteiger partial charge in [-0.25, -0.2) is 9.37 Å². The summed E-state index contributed by atoms with van der Waals surface area (Å²) in [5.41, 5.74) is 2.52. The number of carbonyl (C=O) groups is 1. The molecule has 0 N–H and O–H groups in total. The maximum Gasteiger partial charge on any atom is 0.228 e. The lowest BCUT2D eigenvalue weighted by Crippen LogP contribution is -2.49. The van der Waals surface area contributed by atoms with Crippen molar-refractivity contribution in [1.29, 1.82) is 0 Å². The summed E-state index contributed by atoms with van der Waals surface area (Å²) in [6, 6.07) is 10.6. The predicted molar refractivity (Wildman–Crippen MR) is 109 cm³/mol. The molecule has 0 radical (unpaired) electrons. The van der Waals surface area contributed by atoms with Gasteiger partial charge < -0.3 is 9.80 Å². The van der Waals surface area contributed by atoms with E-state index in [2.05, 4.69) is 9.97 Å². The minimum absolute atomic E-state index is 0.0983. The Balaban J connectivity index is 1.39. The van der Waals surface area contributed by atoms with Gasteiger partial charge in [0.25, 0.3) is 0 Å². The van der Waals surface area contributed by atoms with Crippen LogP contribution in [0.4, 0.5) is 10.1 Å². The summed E-state index contributed by atoms with van der Waals surface area (Å²) in [4.78, 5) is 26.3. The number of rotatable bonds is 4. The van der Waals surface area contributed by atoms with Crippen LogP contribution in [0.2, 0.25) is 0 Å². The summed E-state index contributed by atoms with van der Waals surface area (Å²) in [6.45, 7) is 4.41. The van der Waals surface area contributed by atoms with Crippen LogP contribution in [0.5, 0.6) is 0 Å². The summed E-state index contributed by atoms with van der Waals surface area (Å²) >= 11 is 1.56. The number of piperazine rings is 1. The Kier molecular flexibility index (Phi) is 5.34. The molecule has 1 aromatic carbocycles. The van der Waals surface area contributed by atoms with E-state index >= 15 is 0 Å². The lowest BCUT2D eigenvalue weighted by molar-refractivity contribution is -0.130. The minimum Gasteiger partial charge on any atom is -0.366 e. The highest BCUT2D eigenvalue weighted by atomic mass is 32.1. The topological polar surface area (TPSA) is 49.3 Å². The van der Waals surface area contributed by atoms with Gasteiger partial charge in [-0.15, -0.1) is 11.3 Å². The second-order valence-corrected chi connectivity index (χ2v) is 7.84. The van der Waals surface area contributed by atoms with Gasteiger partial charge in [0.15, 0.2) is 0 Å². The number of aromatic nitrogens is 2. The molecule has 2 aromatic heterocycles. The molecular formula is C21H21FN4OS. The molecular weight excluding hydrogens is 375 g/mol. The van der Waals surface area contributed by atoms with Crippen LogP contribution < -0.4 is 4.90 Å². The molecule has 5 nitrogen and oxygen atoms in total. The first kappa shape index (κ1) is 18.6. The van der Waals surface area contributed by atoms with Gasteiger partial charge >= 0.3 is 0 Å². The van der Waals surface area contributed by atoms with Crippen molar-refractivity contribution in [1.82, 2.24) is 14.9 Å². The van der Waals surface area contributed by atoms with Crippen molar-refractivity contribution >= 4 is 22.9 Å². The molecule has 0 atom stereocenters. The second kappa shape index (κ2) is 8.06. The maximum absolute atomic E-state index is 14.0. The van der Waals surface area contributed by atoms with E-state index in [1.165, 1.54) is 6.07 Å². The van der Waals surface area contributed by atoms with Gasteiger partial charge in [0.1, 0.15) is 10.8 Å². The van der Waals surface area contributed by atoms with Crippen molar-refractivity contribution in [2.24, 2.45) is 0 Å². The van der Waals surface area contributed by atoms with Crippen molar-refractivity contribution < 1.29 is 9.18 Å². The number of anilines is 1. The first-order valence-corrected chi connectivity index (χ1v) is 10.1. The molecule has 7 heteroatoms. The van der Waals surface area contributed by atoms with Gasteiger partial charge in [-0.05, 0) is 31.2 Å². The monoisotopic (exact) mass is 396 g/mol. The van der Waals surface area contributed by atoms with Gasteiger partial charge in [-0.1, -0.05) is 12.1 Å². The van der Waals surface area contributed by atoms with E-state index in [-0.39, 0.29) is 11.7 Å². The van der Waals surface area contributed by atoms with Gasteiger partial charge in [0, 0.05) is 49.0 Å². The minimum atomic E-state index is -0.216. The summed E-state index contributed by atoms with van der Waals surface area (Å²) in [5, 5.41) is 0.909. The quantitative estimate of drug-likeness (QED) is 0.677. The number of halogens is 1. The van der Waals surface area contributed by atoms with Crippen molar-refractivity contribution in [2.75, 3.05) is 31.1 Å². The third-order valence-electron chi connectivity index (χ3n) is 4.96. The molecule has 1 amide bonds.